The lowest BCUT2D eigenvalue weighted by molar-refractivity contribution is 0.396. The molecule has 1 fully saturated rings. The van der Waals surface area contributed by atoms with Crippen molar-refractivity contribution in [1.82, 2.24) is 4.98 Å². The molecule has 0 unspecified atom stereocenters. The lowest BCUT2D eigenvalue weighted by Crippen LogP contribution is -2.46. The van der Waals surface area contributed by atoms with Gasteiger partial charge in [0, 0.05) is 19.3 Å². The van der Waals surface area contributed by atoms with Crippen molar-refractivity contribution in [3.63, 3.8) is 0 Å². The molecule has 0 bridgehead atoms. The van der Waals surface area contributed by atoms with Crippen LogP contribution in [0.15, 0.2) is 18.3 Å². The van der Waals surface area contributed by atoms with E-state index in [1.807, 2.05) is 12.1 Å². The standard InChI is InChI=1S/C10H13ClN2/c1-2-8-6-13(7-8)10-9(11)4-3-5-12-10/h3-5,8H,2,6-7H2,1H3. The fourth-order valence-electron chi connectivity index (χ4n) is 1.61. The number of pyridine rings is 1. The molecule has 0 amide bonds. The van der Waals surface area contributed by atoms with Crippen molar-refractivity contribution in [3.8, 4) is 0 Å². The smallest absolute Gasteiger partial charge is 0.147 e. The maximum Gasteiger partial charge on any atom is 0.147 e. The summed E-state index contributed by atoms with van der Waals surface area (Å²) in [7, 11) is 0. The molecule has 2 nitrogen and oxygen atoms in total. The van der Waals surface area contributed by atoms with Crippen molar-refractivity contribution in [2.75, 3.05) is 18.0 Å². The van der Waals surface area contributed by atoms with Gasteiger partial charge in [-0.1, -0.05) is 18.5 Å². The largest absolute Gasteiger partial charge is 0.355 e. The normalized spacial score (nSPS) is 17.2. The molecule has 2 rings (SSSR count). The zero-order valence-corrected chi connectivity index (χ0v) is 8.46. The molecule has 1 aromatic rings. The predicted molar refractivity (Wildman–Crippen MR) is 55.2 cm³/mol. The van der Waals surface area contributed by atoms with Crippen LogP contribution in [0.5, 0.6) is 0 Å². The second-order valence-corrected chi connectivity index (χ2v) is 3.90. The number of rotatable bonds is 2. The van der Waals surface area contributed by atoms with Gasteiger partial charge in [-0.2, -0.15) is 0 Å². The Labute approximate surface area is 83.5 Å². The number of aromatic nitrogens is 1. The Bertz CT molecular complexity index is 295. The molecule has 0 radical (unpaired) electrons. The lowest BCUT2D eigenvalue weighted by atomic mass is 9.97. The summed E-state index contributed by atoms with van der Waals surface area (Å²) in [5.41, 5.74) is 0. The van der Waals surface area contributed by atoms with Gasteiger partial charge >= 0.3 is 0 Å². The highest BCUT2D eigenvalue weighted by atomic mass is 35.5. The topological polar surface area (TPSA) is 16.1 Å². The number of hydrogen-bond acceptors (Lipinski definition) is 2. The fraction of sp³-hybridized carbons (Fsp3) is 0.500. The van der Waals surface area contributed by atoms with Gasteiger partial charge in [0.1, 0.15) is 5.82 Å². The molecule has 13 heavy (non-hydrogen) atoms. The summed E-state index contributed by atoms with van der Waals surface area (Å²) in [5, 5.41) is 0.761. The van der Waals surface area contributed by atoms with Crippen LogP contribution in [0.25, 0.3) is 0 Å². The zero-order valence-electron chi connectivity index (χ0n) is 7.70. The van der Waals surface area contributed by atoms with Gasteiger partial charge < -0.3 is 4.90 Å². The van der Waals surface area contributed by atoms with E-state index in [2.05, 4.69) is 16.8 Å². The Morgan fingerprint density at radius 1 is 1.62 bits per heavy atom. The minimum Gasteiger partial charge on any atom is -0.355 e. The van der Waals surface area contributed by atoms with Crippen molar-refractivity contribution in [2.45, 2.75) is 13.3 Å². The van der Waals surface area contributed by atoms with Gasteiger partial charge in [0.2, 0.25) is 0 Å². The van der Waals surface area contributed by atoms with Crippen LogP contribution in [-0.2, 0) is 0 Å². The van der Waals surface area contributed by atoms with E-state index in [-0.39, 0.29) is 0 Å². The highest BCUT2D eigenvalue weighted by Crippen LogP contribution is 2.29. The van der Waals surface area contributed by atoms with Gasteiger partial charge in [0.15, 0.2) is 0 Å². The van der Waals surface area contributed by atoms with Crippen LogP contribution >= 0.6 is 11.6 Å². The average Bonchev–Trinajstić information content (AvgIpc) is 2.06. The SMILES string of the molecule is CCC1CN(c2ncccc2Cl)C1. The van der Waals surface area contributed by atoms with E-state index in [9.17, 15) is 0 Å². The summed E-state index contributed by atoms with van der Waals surface area (Å²) >= 11 is 6.02. The highest BCUT2D eigenvalue weighted by molar-refractivity contribution is 6.32. The van der Waals surface area contributed by atoms with E-state index < -0.39 is 0 Å². The summed E-state index contributed by atoms with van der Waals surface area (Å²) in [5.74, 6) is 1.77. The summed E-state index contributed by atoms with van der Waals surface area (Å²) in [6, 6.07) is 3.76. The molecule has 1 saturated heterocycles. The Morgan fingerprint density at radius 2 is 2.38 bits per heavy atom. The molecule has 3 heteroatoms. The van der Waals surface area contributed by atoms with Gasteiger partial charge in [-0.25, -0.2) is 4.98 Å². The third-order valence-electron chi connectivity index (χ3n) is 2.57. The van der Waals surface area contributed by atoms with Crippen molar-refractivity contribution in [3.05, 3.63) is 23.4 Å². The summed E-state index contributed by atoms with van der Waals surface area (Å²) in [6.07, 6.45) is 3.04. The molecular formula is C10H13ClN2. The third-order valence-corrected chi connectivity index (χ3v) is 2.87. The number of anilines is 1. The maximum absolute atomic E-state index is 6.02. The van der Waals surface area contributed by atoms with Crippen LogP contribution in [0.4, 0.5) is 5.82 Å². The van der Waals surface area contributed by atoms with E-state index in [4.69, 9.17) is 11.6 Å². The monoisotopic (exact) mass is 196 g/mol. The van der Waals surface area contributed by atoms with E-state index in [1.165, 1.54) is 6.42 Å². The van der Waals surface area contributed by atoms with Gasteiger partial charge in [0.25, 0.3) is 0 Å². The summed E-state index contributed by atoms with van der Waals surface area (Å²) in [4.78, 5) is 6.50. The molecule has 0 N–H and O–H groups in total. The molecule has 0 saturated carbocycles. The zero-order chi connectivity index (χ0) is 9.26. The quantitative estimate of drug-likeness (QED) is 0.723. The van der Waals surface area contributed by atoms with Crippen molar-refractivity contribution < 1.29 is 0 Å². The summed E-state index contributed by atoms with van der Waals surface area (Å²) < 4.78 is 0. The second-order valence-electron chi connectivity index (χ2n) is 3.49. The second kappa shape index (κ2) is 3.54. The predicted octanol–water partition coefficient (Wildman–Crippen LogP) is 2.58. The first-order valence-electron chi connectivity index (χ1n) is 4.66. The average molecular weight is 197 g/mol. The fourth-order valence-corrected chi connectivity index (χ4v) is 1.85. The number of nitrogens with zero attached hydrogens (tertiary/aromatic N) is 2. The van der Waals surface area contributed by atoms with Gasteiger partial charge in [-0.3, -0.25) is 0 Å². The first kappa shape index (κ1) is 8.82. The van der Waals surface area contributed by atoms with Crippen LogP contribution in [0.1, 0.15) is 13.3 Å². The van der Waals surface area contributed by atoms with Crippen LogP contribution < -0.4 is 4.90 Å². The minimum atomic E-state index is 0.761. The first-order valence-corrected chi connectivity index (χ1v) is 5.04. The van der Waals surface area contributed by atoms with Crippen molar-refractivity contribution in [2.24, 2.45) is 5.92 Å². The number of hydrogen-bond donors (Lipinski definition) is 0. The molecule has 0 spiro atoms. The van der Waals surface area contributed by atoms with Crippen LogP contribution in [0.2, 0.25) is 5.02 Å². The molecule has 70 valence electrons. The van der Waals surface area contributed by atoms with Crippen LogP contribution in [0.3, 0.4) is 0 Å². The Hall–Kier alpha value is -0.760. The Morgan fingerprint density at radius 3 is 3.00 bits per heavy atom. The number of halogens is 1. The maximum atomic E-state index is 6.02. The first-order chi connectivity index (χ1) is 6.31. The molecule has 0 atom stereocenters. The Balaban J connectivity index is 2.07. The molecular weight excluding hydrogens is 184 g/mol. The minimum absolute atomic E-state index is 0.761. The molecule has 0 aromatic carbocycles. The van der Waals surface area contributed by atoms with E-state index in [1.54, 1.807) is 6.20 Å². The van der Waals surface area contributed by atoms with E-state index in [0.717, 1.165) is 29.8 Å². The van der Waals surface area contributed by atoms with Gasteiger partial charge in [-0.15, -0.1) is 0 Å². The van der Waals surface area contributed by atoms with Gasteiger partial charge in [0.05, 0.1) is 5.02 Å². The van der Waals surface area contributed by atoms with E-state index >= 15 is 0 Å². The molecule has 1 aliphatic heterocycles. The highest BCUT2D eigenvalue weighted by Gasteiger charge is 2.27. The Kier molecular flexibility index (Phi) is 2.40. The third kappa shape index (κ3) is 1.63. The summed E-state index contributed by atoms with van der Waals surface area (Å²) in [6.45, 7) is 4.43. The van der Waals surface area contributed by atoms with Crippen LogP contribution in [-0.4, -0.2) is 18.1 Å². The van der Waals surface area contributed by atoms with Crippen molar-refractivity contribution >= 4 is 17.4 Å². The molecule has 1 aliphatic rings. The van der Waals surface area contributed by atoms with Gasteiger partial charge in [-0.05, 0) is 24.5 Å². The lowest BCUT2D eigenvalue weighted by Gasteiger charge is -2.40. The van der Waals surface area contributed by atoms with Crippen LogP contribution in [0, 0.1) is 5.92 Å². The van der Waals surface area contributed by atoms with E-state index in [0.29, 0.717) is 0 Å². The molecule has 1 aromatic heterocycles. The molecule has 2 heterocycles. The molecule has 0 aliphatic carbocycles. The van der Waals surface area contributed by atoms with Crippen molar-refractivity contribution in [1.29, 1.82) is 0 Å².